The molecule has 1 amide bonds. The molecular formula is C18H31N3O2. The Morgan fingerprint density at radius 1 is 1.22 bits per heavy atom. The van der Waals surface area contributed by atoms with Crippen molar-refractivity contribution >= 4 is 11.7 Å². The summed E-state index contributed by atoms with van der Waals surface area (Å²) in [5, 5.41) is 4.85. The molecule has 1 fully saturated rings. The Bertz CT molecular complexity index is 426. The zero-order valence-corrected chi connectivity index (χ0v) is 14.5. The predicted octanol–water partition coefficient (Wildman–Crippen LogP) is 3.57. The number of hydroxylamine groups is 2. The van der Waals surface area contributed by atoms with Gasteiger partial charge in [-0.3, -0.25) is 9.79 Å². The van der Waals surface area contributed by atoms with E-state index in [1.165, 1.54) is 44.8 Å². The number of rotatable bonds is 10. The summed E-state index contributed by atoms with van der Waals surface area (Å²) in [6, 6.07) is 0. The van der Waals surface area contributed by atoms with Crippen LogP contribution in [0.4, 0.5) is 0 Å². The second kappa shape index (κ2) is 9.06. The van der Waals surface area contributed by atoms with Crippen LogP contribution in [0.5, 0.6) is 0 Å². The van der Waals surface area contributed by atoms with Crippen molar-refractivity contribution in [1.29, 1.82) is 0 Å². The van der Waals surface area contributed by atoms with Gasteiger partial charge in [0.15, 0.2) is 0 Å². The number of amides is 1. The standard InChI is InChI=1S/C18H31N3O2/c1-3-5-6-7-8-9-10-11-16-19-17(22)18(20-16)12-14-21(15-13-18)23-4-2/h4H,2-3,5-15H2,1H3,(H,19,20,22). The maximum atomic E-state index is 12.3. The average Bonchev–Trinajstić information content (AvgIpc) is 2.85. The maximum Gasteiger partial charge on any atom is 0.253 e. The van der Waals surface area contributed by atoms with E-state index in [1.807, 2.05) is 5.06 Å². The zero-order valence-electron chi connectivity index (χ0n) is 14.5. The molecule has 0 aromatic rings. The van der Waals surface area contributed by atoms with Crippen LogP contribution < -0.4 is 5.32 Å². The minimum atomic E-state index is -0.544. The van der Waals surface area contributed by atoms with Gasteiger partial charge < -0.3 is 10.2 Å². The van der Waals surface area contributed by atoms with Crippen molar-refractivity contribution in [3.05, 3.63) is 12.8 Å². The lowest BCUT2D eigenvalue weighted by molar-refractivity contribution is -0.140. The molecule has 2 aliphatic heterocycles. The van der Waals surface area contributed by atoms with E-state index < -0.39 is 5.54 Å². The van der Waals surface area contributed by atoms with Gasteiger partial charge in [-0.15, -0.1) is 5.06 Å². The van der Waals surface area contributed by atoms with Crippen LogP contribution in [-0.4, -0.2) is 35.4 Å². The summed E-state index contributed by atoms with van der Waals surface area (Å²) >= 11 is 0. The van der Waals surface area contributed by atoms with Crippen molar-refractivity contribution in [3.63, 3.8) is 0 Å². The highest BCUT2D eigenvalue weighted by Gasteiger charge is 2.45. The number of hydrogen-bond donors (Lipinski definition) is 1. The van der Waals surface area contributed by atoms with Crippen molar-refractivity contribution < 1.29 is 9.63 Å². The van der Waals surface area contributed by atoms with Crippen molar-refractivity contribution in [2.45, 2.75) is 76.7 Å². The first-order valence-corrected chi connectivity index (χ1v) is 9.13. The van der Waals surface area contributed by atoms with Crippen LogP contribution in [-0.2, 0) is 9.63 Å². The average molecular weight is 321 g/mol. The third-order valence-electron chi connectivity index (χ3n) is 4.82. The molecule has 0 unspecified atom stereocenters. The number of carbonyl (C=O) groups is 1. The van der Waals surface area contributed by atoms with Crippen molar-refractivity contribution in [2.24, 2.45) is 4.99 Å². The molecule has 23 heavy (non-hydrogen) atoms. The van der Waals surface area contributed by atoms with Crippen LogP contribution in [0.15, 0.2) is 17.8 Å². The molecule has 130 valence electrons. The van der Waals surface area contributed by atoms with E-state index in [9.17, 15) is 4.79 Å². The van der Waals surface area contributed by atoms with Gasteiger partial charge in [0.05, 0.1) is 0 Å². The first kappa shape index (κ1) is 18.0. The number of nitrogens with one attached hydrogen (secondary N) is 1. The van der Waals surface area contributed by atoms with E-state index in [2.05, 4.69) is 18.8 Å². The normalized spacial score (nSPS) is 20.4. The summed E-state index contributed by atoms with van der Waals surface area (Å²) in [5.41, 5.74) is -0.544. The number of unbranched alkanes of at least 4 members (excludes halogenated alkanes) is 6. The molecule has 2 aliphatic rings. The lowest BCUT2D eigenvalue weighted by atomic mass is 9.89. The van der Waals surface area contributed by atoms with E-state index in [1.54, 1.807) is 0 Å². The fourth-order valence-electron chi connectivity index (χ4n) is 3.36. The van der Waals surface area contributed by atoms with Crippen molar-refractivity contribution in [1.82, 2.24) is 10.4 Å². The minimum absolute atomic E-state index is 0.0775. The van der Waals surface area contributed by atoms with E-state index in [4.69, 9.17) is 9.83 Å². The molecule has 1 saturated heterocycles. The molecule has 5 nitrogen and oxygen atoms in total. The molecule has 0 atom stereocenters. The number of piperidine rings is 1. The van der Waals surface area contributed by atoms with Gasteiger partial charge >= 0.3 is 0 Å². The molecule has 0 saturated carbocycles. The van der Waals surface area contributed by atoms with Crippen molar-refractivity contribution in [2.75, 3.05) is 13.1 Å². The molecule has 0 aliphatic carbocycles. The van der Waals surface area contributed by atoms with Crippen LogP contribution in [0, 0.1) is 0 Å². The summed E-state index contributed by atoms with van der Waals surface area (Å²) < 4.78 is 0. The first-order valence-electron chi connectivity index (χ1n) is 9.13. The lowest BCUT2D eigenvalue weighted by Crippen LogP contribution is -2.48. The molecule has 2 rings (SSSR count). The monoisotopic (exact) mass is 321 g/mol. The number of carbonyl (C=O) groups excluding carboxylic acids is 1. The summed E-state index contributed by atoms with van der Waals surface area (Å²) in [5.74, 6) is 0.968. The predicted molar refractivity (Wildman–Crippen MR) is 93.0 cm³/mol. The molecule has 0 aromatic carbocycles. The van der Waals surface area contributed by atoms with Gasteiger partial charge in [-0.1, -0.05) is 52.0 Å². The summed E-state index contributed by atoms with van der Waals surface area (Å²) in [6.07, 6.45) is 12.7. The fourth-order valence-corrected chi connectivity index (χ4v) is 3.36. The molecule has 0 bridgehead atoms. The van der Waals surface area contributed by atoms with Gasteiger partial charge in [-0.2, -0.15) is 0 Å². The van der Waals surface area contributed by atoms with Gasteiger partial charge in [-0.25, -0.2) is 0 Å². The van der Waals surface area contributed by atoms with Gasteiger partial charge in [0, 0.05) is 19.5 Å². The van der Waals surface area contributed by atoms with Crippen molar-refractivity contribution in [3.8, 4) is 0 Å². The fraction of sp³-hybridized carbons (Fsp3) is 0.778. The van der Waals surface area contributed by atoms with Crippen LogP contribution in [0.3, 0.4) is 0 Å². The topological polar surface area (TPSA) is 53.9 Å². The minimum Gasteiger partial charge on any atom is -0.414 e. The Labute approximate surface area is 140 Å². The van der Waals surface area contributed by atoms with Crippen LogP contribution >= 0.6 is 0 Å². The number of hydrogen-bond acceptors (Lipinski definition) is 4. The Morgan fingerprint density at radius 3 is 2.52 bits per heavy atom. The smallest absolute Gasteiger partial charge is 0.253 e. The van der Waals surface area contributed by atoms with E-state index in [0.29, 0.717) is 25.9 Å². The molecule has 0 radical (unpaired) electrons. The highest BCUT2D eigenvalue weighted by molar-refractivity contribution is 6.08. The molecule has 1 spiro atoms. The summed E-state index contributed by atoms with van der Waals surface area (Å²) in [6.45, 7) is 7.24. The molecule has 5 heteroatoms. The summed E-state index contributed by atoms with van der Waals surface area (Å²) in [4.78, 5) is 22.4. The van der Waals surface area contributed by atoms with Gasteiger partial charge in [-0.05, 0) is 19.3 Å². The molecular weight excluding hydrogens is 290 g/mol. The Balaban J connectivity index is 1.71. The highest BCUT2D eigenvalue weighted by atomic mass is 16.7. The van der Waals surface area contributed by atoms with E-state index in [-0.39, 0.29) is 5.91 Å². The summed E-state index contributed by atoms with van der Waals surface area (Å²) in [7, 11) is 0. The number of aliphatic imine (C=N–C) groups is 1. The van der Waals surface area contributed by atoms with Gasteiger partial charge in [0.2, 0.25) is 0 Å². The molecule has 1 N–H and O–H groups in total. The second-order valence-electron chi connectivity index (χ2n) is 6.62. The largest absolute Gasteiger partial charge is 0.414 e. The second-order valence-corrected chi connectivity index (χ2v) is 6.62. The zero-order chi connectivity index (χ0) is 16.5. The number of nitrogens with zero attached hydrogens (tertiary/aromatic N) is 2. The first-order chi connectivity index (χ1) is 11.2. The van der Waals surface area contributed by atoms with E-state index in [0.717, 1.165) is 18.7 Å². The van der Waals surface area contributed by atoms with Crippen LogP contribution in [0.25, 0.3) is 0 Å². The highest BCUT2D eigenvalue weighted by Crippen LogP contribution is 2.30. The number of amidine groups is 1. The van der Waals surface area contributed by atoms with Crippen LogP contribution in [0.1, 0.15) is 71.1 Å². The van der Waals surface area contributed by atoms with E-state index >= 15 is 0 Å². The Morgan fingerprint density at radius 2 is 1.87 bits per heavy atom. The lowest BCUT2D eigenvalue weighted by Gasteiger charge is -2.33. The molecule has 0 aromatic heterocycles. The SMILES string of the molecule is C=CON1CCC2(CC1)N=C(CCCCCCCCC)NC2=O. The Kier molecular flexibility index (Phi) is 7.09. The van der Waals surface area contributed by atoms with Gasteiger partial charge in [0.1, 0.15) is 17.6 Å². The molecule has 2 heterocycles. The third-order valence-corrected chi connectivity index (χ3v) is 4.82. The van der Waals surface area contributed by atoms with Gasteiger partial charge in [0.25, 0.3) is 5.91 Å². The van der Waals surface area contributed by atoms with Crippen LogP contribution in [0.2, 0.25) is 0 Å². The third kappa shape index (κ3) is 5.06. The maximum absolute atomic E-state index is 12.3. The Hall–Kier alpha value is -1.36. The quantitative estimate of drug-likeness (QED) is 0.494.